The second kappa shape index (κ2) is 5.05. The summed E-state index contributed by atoms with van der Waals surface area (Å²) in [6.45, 7) is 0. The van der Waals surface area contributed by atoms with Crippen molar-refractivity contribution in [2.45, 2.75) is 51.4 Å². The summed E-state index contributed by atoms with van der Waals surface area (Å²) in [6.07, 6.45) is 12.7. The van der Waals surface area contributed by atoms with Gasteiger partial charge in [-0.05, 0) is 12.8 Å². The van der Waals surface area contributed by atoms with Crippen LogP contribution in [0.2, 0.25) is 0 Å². The van der Waals surface area contributed by atoms with Gasteiger partial charge in [0.1, 0.15) is 0 Å². The van der Waals surface area contributed by atoms with Crippen molar-refractivity contribution in [2.24, 2.45) is 5.41 Å². The van der Waals surface area contributed by atoms with Crippen LogP contribution < -0.4 is 0 Å². The van der Waals surface area contributed by atoms with Gasteiger partial charge in [0.05, 0.1) is 5.41 Å². The van der Waals surface area contributed by atoms with Crippen molar-refractivity contribution >= 4 is 5.97 Å². The molecule has 1 fully saturated rings. The molecule has 0 aromatic heterocycles. The van der Waals surface area contributed by atoms with Gasteiger partial charge in [0.25, 0.3) is 0 Å². The fourth-order valence-corrected chi connectivity index (χ4v) is 2.24. The lowest BCUT2D eigenvalue weighted by Gasteiger charge is -2.29. The summed E-state index contributed by atoms with van der Waals surface area (Å²) in [5, 5.41) is 9.24. The molecule has 2 nitrogen and oxygen atoms in total. The molecular formula is C12H18O2. The highest BCUT2D eigenvalue weighted by Gasteiger charge is 2.37. The molecule has 78 valence electrons. The quantitative estimate of drug-likeness (QED) is 0.686. The van der Waals surface area contributed by atoms with Crippen molar-refractivity contribution in [3.8, 4) is 12.3 Å². The Morgan fingerprint density at radius 3 is 2.14 bits per heavy atom. The van der Waals surface area contributed by atoms with E-state index in [1.807, 2.05) is 0 Å². The Balaban J connectivity index is 2.71. The van der Waals surface area contributed by atoms with Crippen molar-refractivity contribution < 1.29 is 9.90 Å². The number of hydrogen-bond acceptors (Lipinski definition) is 1. The lowest BCUT2D eigenvalue weighted by molar-refractivity contribution is -0.150. The number of carboxylic acid groups (broad SMARTS) is 1. The molecule has 1 aliphatic rings. The second-order valence-corrected chi connectivity index (χ2v) is 4.23. The zero-order valence-electron chi connectivity index (χ0n) is 8.59. The molecule has 2 heteroatoms. The minimum absolute atomic E-state index is 0.391. The van der Waals surface area contributed by atoms with Gasteiger partial charge in [-0.3, -0.25) is 4.79 Å². The van der Waals surface area contributed by atoms with E-state index in [9.17, 15) is 9.90 Å². The third-order valence-electron chi connectivity index (χ3n) is 3.20. The van der Waals surface area contributed by atoms with Gasteiger partial charge in [0.2, 0.25) is 0 Å². The van der Waals surface area contributed by atoms with Gasteiger partial charge in [-0.15, -0.1) is 12.3 Å². The van der Waals surface area contributed by atoms with E-state index in [1.54, 1.807) is 0 Å². The van der Waals surface area contributed by atoms with E-state index in [0.717, 1.165) is 38.5 Å². The Kier molecular flexibility index (Phi) is 4.00. The van der Waals surface area contributed by atoms with Crippen LogP contribution in [0.25, 0.3) is 0 Å². The van der Waals surface area contributed by atoms with Crippen LogP contribution in [0.15, 0.2) is 0 Å². The lowest BCUT2D eigenvalue weighted by Crippen LogP contribution is -2.31. The molecule has 1 saturated carbocycles. The number of rotatable bonds is 2. The molecule has 1 rings (SSSR count). The second-order valence-electron chi connectivity index (χ2n) is 4.23. The smallest absolute Gasteiger partial charge is 0.310 e. The highest BCUT2D eigenvalue weighted by molar-refractivity contribution is 5.75. The maximum atomic E-state index is 11.2. The number of carboxylic acids is 1. The van der Waals surface area contributed by atoms with E-state index in [0.29, 0.717) is 6.42 Å². The van der Waals surface area contributed by atoms with Crippen LogP contribution in [0.5, 0.6) is 0 Å². The minimum atomic E-state index is -0.697. The highest BCUT2D eigenvalue weighted by Crippen LogP contribution is 2.37. The Morgan fingerprint density at radius 1 is 1.21 bits per heavy atom. The summed E-state index contributed by atoms with van der Waals surface area (Å²) < 4.78 is 0. The van der Waals surface area contributed by atoms with Crippen molar-refractivity contribution in [1.29, 1.82) is 0 Å². The molecule has 0 saturated heterocycles. The van der Waals surface area contributed by atoms with Crippen LogP contribution in [0, 0.1) is 17.8 Å². The topological polar surface area (TPSA) is 37.3 Å². The van der Waals surface area contributed by atoms with Gasteiger partial charge in [0.15, 0.2) is 0 Å². The molecule has 0 heterocycles. The van der Waals surface area contributed by atoms with Crippen LogP contribution in [0.1, 0.15) is 51.4 Å². The van der Waals surface area contributed by atoms with Crippen molar-refractivity contribution in [1.82, 2.24) is 0 Å². The maximum absolute atomic E-state index is 11.2. The van der Waals surface area contributed by atoms with E-state index >= 15 is 0 Å². The zero-order chi connectivity index (χ0) is 10.4. The van der Waals surface area contributed by atoms with Crippen molar-refractivity contribution in [3.63, 3.8) is 0 Å². The first-order valence-corrected chi connectivity index (χ1v) is 5.38. The molecule has 0 aliphatic heterocycles. The standard InChI is InChI=1S/C12H18O2/c1-2-8-12(11(13)14)9-6-4-3-5-7-10-12/h1H,3-10H2,(H,13,14). The monoisotopic (exact) mass is 194 g/mol. The Hall–Kier alpha value is -0.970. The van der Waals surface area contributed by atoms with E-state index in [1.165, 1.54) is 6.42 Å². The molecule has 0 radical (unpaired) electrons. The number of aliphatic carboxylic acids is 1. The molecule has 0 unspecified atom stereocenters. The van der Waals surface area contributed by atoms with Gasteiger partial charge < -0.3 is 5.11 Å². The molecule has 0 aromatic carbocycles. The SMILES string of the molecule is C#CCC1(C(=O)O)CCCCCCC1. The van der Waals surface area contributed by atoms with Crippen molar-refractivity contribution in [3.05, 3.63) is 0 Å². The molecule has 0 spiro atoms. The molecule has 0 atom stereocenters. The molecule has 14 heavy (non-hydrogen) atoms. The predicted octanol–water partition coefficient (Wildman–Crippen LogP) is 2.83. The summed E-state index contributed by atoms with van der Waals surface area (Å²) in [5.74, 6) is 1.83. The van der Waals surface area contributed by atoms with Gasteiger partial charge in [-0.25, -0.2) is 0 Å². The molecule has 1 aliphatic carbocycles. The van der Waals surface area contributed by atoms with Crippen molar-refractivity contribution in [2.75, 3.05) is 0 Å². The van der Waals surface area contributed by atoms with Crippen LogP contribution in [0.3, 0.4) is 0 Å². The fraction of sp³-hybridized carbons (Fsp3) is 0.750. The largest absolute Gasteiger partial charge is 0.481 e. The summed E-state index contributed by atoms with van der Waals surface area (Å²) in [6, 6.07) is 0. The maximum Gasteiger partial charge on any atom is 0.310 e. The third kappa shape index (κ3) is 2.51. The normalized spacial score (nSPS) is 21.6. The first kappa shape index (κ1) is 11.1. The number of hydrogen-bond donors (Lipinski definition) is 1. The van der Waals surface area contributed by atoms with Gasteiger partial charge in [-0.2, -0.15) is 0 Å². The average molecular weight is 194 g/mol. The van der Waals surface area contributed by atoms with E-state index < -0.39 is 11.4 Å². The molecule has 0 aromatic rings. The zero-order valence-corrected chi connectivity index (χ0v) is 8.59. The first-order valence-electron chi connectivity index (χ1n) is 5.38. The van der Waals surface area contributed by atoms with Gasteiger partial charge in [-0.1, -0.05) is 32.1 Å². The molecule has 1 N–H and O–H groups in total. The number of carbonyl (C=O) groups is 1. The Bertz CT molecular complexity index is 229. The van der Waals surface area contributed by atoms with E-state index in [2.05, 4.69) is 5.92 Å². The predicted molar refractivity (Wildman–Crippen MR) is 55.8 cm³/mol. The Labute approximate surface area is 85.7 Å². The summed E-state index contributed by atoms with van der Waals surface area (Å²) in [5.41, 5.74) is -0.616. The summed E-state index contributed by atoms with van der Waals surface area (Å²) in [4.78, 5) is 11.2. The van der Waals surface area contributed by atoms with Crippen LogP contribution >= 0.6 is 0 Å². The van der Waals surface area contributed by atoms with Crippen LogP contribution in [-0.4, -0.2) is 11.1 Å². The minimum Gasteiger partial charge on any atom is -0.481 e. The van der Waals surface area contributed by atoms with E-state index in [4.69, 9.17) is 6.42 Å². The molecule has 0 amide bonds. The van der Waals surface area contributed by atoms with Gasteiger partial charge in [0, 0.05) is 6.42 Å². The average Bonchev–Trinajstić information content (AvgIpc) is 2.09. The number of terminal acetylenes is 1. The summed E-state index contributed by atoms with van der Waals surface area (Å²) in [7, 11) is 0. The fourth-order valence-electron chi connectivity index (χ4n) is 2.24. The summed E-state index contributed by atoms with van der Waals surface area (Å²) >= 11 is 0. The molecule has 0 bridgehead atoms. The Morgan fingerprint density at radius 2 is 1.71 bits per heavy atom. The van der Waals surface area contributed by atoms with Gasteiger partial charge >= 0.3 is 5.97 Å². The van der Waals surface area contributed by atoms with E-state index in [-0.39, 0.29) is 0 Å². The highest BCUT2D eigenvalue weighted by atomic mass is 16.4. The molecular weight excluding hydrogens is 176 g/mol. The first-order chi connectivity index (χ1) is 6.71. The van der Waals surface area contributed by atoms with Crippen LogP contribution in [-0.2, 0) is 4.79 Å². The third-order valence-corrected chi connectivity index (χ3v) is 3.20. The van der Waals surface area contributed by atoms with Crippen LogP contribution in [0.4, 0.5) is 0 Å². The lowest BCUT2D eigenvalue weighted by atomic mass is 9.74.